The smallest absolute Gasteiger partial charge is 0.0672 e. The normalized spacial score (nSPS) is 18.5. The number of hydrogen-bond donors (Lipinski definition) is 2. The van der Waals surface area contributed by atoms with Gasteiger partial charge in [0.1, 0.15) is 0 Å². The minimum absolute atomic E-state index is 0.0323. The highest BCUT2D eigenvalue weighted by Gasteiger charge is 2.39. The molecule has 3 heterocycles. The number of aromatic nitrogens is 1. The maximum absolute atomic E-state index is 10.1. The van der Waals surface area contributed by atoms with Gasteiger partial charge < -0.3 is 19.7 Å². The number of halogens is 1. The van der Waals surface area contributed by atoms with Crippen LogP contribution >= 0.6 is 11.6 Å². The van der Waals surface area contributed by atoms with Crippen LogP contribution in [0.3, 0.4) is 0 Å². The summed E-state index contributed by atoms with van der Waals surface area (Å²) < 4.78 is 2.24. The standard InChI is InChI=1S/C23H21ClN2O2/c1-25-20-5-3-2-4-16(20)17-10-21-18(12-27)19(13-28)23(26(21)11-22(17)25)14-6-8-15(24)9-7-14/h2-10,18,27-28H,11-13H2,1H3. The number of aliphatic hydroxyl groups is 2. The molecule has 2 aliphatic rings. The maximum Gasteiger partial charge on any atom is 0.0672 e. The summed E-state index contributed by atoms with van der Waals surface area (Å²) in [5.41, 5.74) is 7.50. The Morgan fingerprint density at radius 3 is 2.54 bits per heavy atom. The Hall–Kier alpha value is -2.53. The summed E-state index contributed by atoms with van der Waals surface area (Å²) in [6, 6.07) is 16.1. The molecule has 4 nitrogen and oxygen atoms in total. The van der Waals surface area contributed by atoms with Crippen molar-refractivity contribution >= 4 is 34.3 Å². The fourth-order valence-corrected chi connectivity index (χ4v) is 4.77. The molecular formula is C23H21ClN2O2. The average molecular weight is 393 g/mol. The summed E-state index contributed by atoms with van der Waals surface area (Å²) in [7, 11) is 2.10. The number of hydrogen-bond acceptors (Lipinski definition) is 3. The second kappa shape index (κ2) is 6.52. The fraction of sp³-hybridized carbons (Fsp3) is 0.217. The van der Waals surface area contributed by atoms with Gasteiger partial charge in [0.05, 0.1) is 25.5 Å². The van der Waals surface area contributed by atoms with E-state index in [9.17, 15) is 10.2 Å². The Morgan fingerprint density at radius 1 is 1.07 bits per heavy atom. The fourth-order valence-electron chi connectivity index (χ4n) is 4.65. The summed E-state index contributed by atoms with van der Waals surface area (Å²) in [6.45, 7) is 0.577. The zero-order chi connectivity index (χ0) is 19.4. The summed E-state index contributed by atoms with van der Waals surface area (Å²) in [5.74, 6) is -0.206. The van der Waals surface area contributed by atoms with Crippen molar-refractivity contribution in [3.05, 3.63) is 81.6 Å². The molecule has 1 aromatic heterocycles. The summed E-state index contributed by atoms with van der Waals surface area (Å²) in [4.78, 5) is 2.23. The first-order valence-electron chi connectivity index (χ1n) is 9.40. The highest BCUT2D eigenvalue weighted by molar-refractivity contribution is 6.30. The van der Waals surface area contributed by atoms with Crippen molar-refractivity contribution in [1.82, 2.24) is 9.47 Å². The largest absolute Gasteiger partial charge is 0.395 e. The lowest BCUT2D eigenvalue weighted by Crippen LogP contribution is -2.25. The van der Waals surface area contributed by atoms with E-state index < -0.39 is 0 Å². The molecule has 1 atom stereocenters. The highest BCUT2D eigenvalue weighted by atomic mass is 35.5. The molecule has 142 valence electrons. The van der Waals surface area contributed by atoms with E-state index in [2.05, 4.69) is 46.9 Å². The van der Waals surface area contributed by atoms with E-state index in [4.69, 9.17) is 11.6 Å². The van der Waals surface area contributed by atoms with E-state index in [1.807, 2.05) is 24.3 Å². The van der Waals surface area contributed by atoms with Crippen LogP contribution in [0.4, 0.5) is 0 Å². The quantitative estimate of drug-likeness (QED) is 0.708. The van der Waals surface area contributed by atoms with Crippen molar-refractivity contribution < 1.29 is 10.2 Å². The van der Waals surface area contributed by atoms with Crippen molar-refractivity contribution in [2.45, 2.75) is 6.54 Å². The molecule has 0 amide bonds. The van der Waals surface area contributed by atoms with Crippen molar-refractivity contribution in [3.63, 3.8) is 0 Å². The molecule has 0 radical (unpaired) electrons. The van der Waals surface area contributed by atoms with Crippen LogP contribution in [0.25, 0.3) is 22.7 Å². The summed E-state index contributed by atoms with van der Waals surface area (Å²) >= 11 is 6.08. The monoisotopic (exact) mass is 392 g/mol. The maximum atomic E-state index is 10.1. The molecule has 1 unspecified atom stereocenters. The minimum Gasteiger partial charge on any atom is -0.395 e. The lowest BCUT2D eigenvalue weighted by Gasteiger charge is -2.30. The molecule has 28 heavy (non-hydrogen) atoms. The number of aryl methyl sites for hydroxylation is 1. The van der Waals surface area contributed by atoms with Crippen molar-refractivity contribution in [3.8, 4) is 0 Å². The molecule has 0 saturated heterocycles. The van der Waals surface area contributed by atoms with Crippen LogP contribution in [-0.2, 0) is 13.6 Å². The molecule has 0 aliphatic carbocycles. The Morgan fingerprint density at radius 2 is 1.82 bits per heavy atom. The molecule has 0 fully saturated rings. The van der Waals surface area contributed by atoms with E-state index in [0.717, 1.165) is 22.5 Å². The van der Waals surface area contributed by atoms with E-state index in [0.29, 0.717) is 11.6 Å². The first-order valence-corrected chi connectivity index (χ1v) is 9.78. The molecule has 2 N–H and O–H groups in total. The molecule has 5 rings (SSSR count). The van der Waals surface area contributed by atoms with E-state index in [1.54, 1.807) is 0 Å². The van der Waals surface area contributed by atoms with Crippen LogP contribution in [-0.4, -0.2) is 32.9 Å². The Labute approximate surface area is 168 Å². The summed E-state index contributed by atoms with van der Waals surface area (Å²) in [5, 5.41) is 22.2. The topological polar surface area (TPSA) is 48.6 Å². The van der Waals surface area contributed by atoms with Gasteiger partial charge in [0, 0.05) is 45.8 Å². The van der Waals surface area contributed by atoms with Gasteiger partial charge in [-0.1, -0.05) is 41.9 Å². The van der Waals surface area contributed by atoms with E-state index >= 15 is 0 Å². The predicted octanol–water partition coefficient (Wildman–Crippen LogP) is 4.01. The third-order valence-electron chi connectivity index (χ3n) is 6.01. The molecule has 3 aromatic rings. The van der Waals surface area contributed by atoms with Crippen LogP contribution in [0.1, 0.15) is 16.8 Å². The number of para-hydroxylation sites is 1. The molecular weight excluding hydrogens is 372 g/mol. The molecule has 2 aromatic carbocycles. The third-order valence-corrected chi connectivity index (χ3v) is 6.26. The zero-order valence-corrected chi connectivity index (χ0v) is 16.3. The van der Waals surface area contributed by atoms with Gasteiger partial charge >= 0.3 is 0 Å². The number of nitrogens with zero attached hydrogens (tertiary/aromatic N) is 2. The molecule has 2 aliphatic heterocycles. The van der Waals surface area contributed by atoms with Crippen LogP contribution in [0, 0.1) is 5.92 Å². The first kappa shape index (κ1) is 17.6. The summed E-state index contributed by atoms with van der Waals surface area (Å²) in [6.07, 6.45) is 2.18. The predicted molar refractivity (Wildman–Crippen MR) is 112 cm³/mol. The Balaban J connectivity index is 1.72. The van der Waals surface area contributed by atoms with Gasteiger partial charge in [0.25, 0.3) is 0 Å². The van der Waals surface area contributed by atoms with Gasteiger partial charge in [-0.3, -0.25) is 0 Å². The number of benzene rings is 2. The molecule has 5 heteroatoms. The Bertz CT molecular complexity index is 1140. The van der Waals surface area contributed by atoms with E-state index in [-0.39, 0.29) is 19.1 Å². The lowest BCUT2D eigenvalue weighted by atomic mass is 9.95. The van der Waals surface area contributed by atoms with Crippen LogP contribution < -0.4 is 0 Å². The Kier molecular flexibility index (Phi) is 4.09. The average Bonchev–Trinajstić information content (AvgIpc) is 3.19. The SMILES string of the molecule is Cn1c2c(c3ccccc31)C=C1C(CO)C(CO)=C(c3ccc(Cl)cc3)N1C2. The zero-order valence-electron chi connectivity index (χ0n) is 15.6. The first-order chi connectivity index (χ1) is 13.6. The molecule has 0 bridgehead atoms. The van der Waals surface area contributed by atoms with E-state index in [1.165, 1.54) is 22.2 Å². The van der Waals surface area contributed by atoms with Crippen LogP contribution in [0.2, 0.25) is 5.02 Å². The van der Waals surface area contributed by atoms with Crippen molar-refractivity contribution in [2.75, 3.05) is 13.2 Å². The minimum atomic E-state index is -0.206. The van der Waals surface area contributed by atoms with Crippen molar-refractivity contribution in [1.29, 1.82) is 0 Å². The lowest BCUT2D eigenvalue weighted by molar-refractivity contribution is 0.239. The van der Waals surface area contributed by atoms with Gasteiger partial charge in [-0.25, -0.2) is 0 Å². The van der Waals surface area contributed by atoms with Gasteiger partial charge in [-0.2, -0.15) is 0 Å². The number of aliphatic hydroxyl groups excluding tert-OH is 2. The van der Waals surface area contributed by atoms with Gasteiger partial charge in [0.2, 0.25) is 0 Å². The second-order valence-corrected chi connectivity index (χ2v) is 7.80. The van der Waals surface area contributed by atoms with Crippen LogP contribution in [0.5, 0.6) is 0 Å². The van der Waals surface area contributed by atoms with Crippen molar-refractivity contribution in [2.24, 2.45) is 13.0 Å². The van der Waals surface area contributed by atoms with Gasteiger partial charge in [-0.15, -0.1) is 0 Å². The number of fused-ring (bicyclic) bond motifs is 4. The molecule has 0 spiro atoms. The van der Waals surface area contributed by atoms with Crippen LogP contribution in [0.15, 0.2) is 59.8 Å². The molecule has 0 saturated carbocycles. The second-order valence-electron chi connectivity index (χ2n) is 7.37. The van der Waals surface area contributed by atoms with Gasteiger partial charge in [0.15, 0.2) is 0 Å². The third kappa shape index (κ3) is 2.39. The number of rotatable bonds is 3. The van der Waals surface area contributed by atoms with Gasteiger partial charge in [-0.05, 0) is 35.4 Å². The highest BCUT2D eigenvalue weighted by Crippen LogP contribution is 2.47.